The van der Waals surface area contributed by atoms with Crippen molar-refractivity contribution in [1.82, 2.24) is 9.88 Å². The molecular weight excluding hydrogens is 346 g/mol. The lowest BCUT2D eigenvalue weighted by Crippen LogP contribution is -2.58. The van der Waals surface area contributed by atoms with Crippen LogP contribution in [0.4, 0.5) is 0 Å². The summed E-state index contributed by atoms with van der Waals surface area (Å²) in [5.41, 5.74) is 7.13. The second kappa shape index (κ2) is 7.00. The van der Waals surface area contributed by atoms with Crippen LogP contribution in [0.3, 0.4) is 0 Å². The summed E-state index contributed by atoms with van der Waals surface area (Å²) in [6, 6.07) is 6.41. The van der Waals surface area contributed by atoms with Gasteiger partial charge in [-0.05, 0) is 44.0 Å². The van der Waals surface area contributed by atoms with Crippen LogP contribution in [0.15, 0.2) is 36.7 Å². The van der Waals surface area contributed by atoms with Gasteiger partial charge in [-0.15, -0.1) is 0 Å². The summed E-state index contributed by atoms with van der Waals surface area (Å²) >= 11 is 0. The number of pyridine rings is 1. The SMILES string of the molecule is COc1ccc2c(c1OC)C(=O)N(C(C)C(C)(N)Cc1cccnc1)C2=O. The van der Waals surface area contributed by atoms with Crippen LogP contribution in [0.2, 0.25) is 0 Å². The highest BCUT2D eigenvalue weighted by Crippen LogP contribution is 2.39. The number of hydrogen-bond donors (Lipinski definition) is 1. The highest BCUT2D eigenvalue weighted by molar-refractivity contribution is 6.23. The highest BCUT2D eigenvalue weighted by atomic mass is 16.5. The molecule has 142 valence electrons. The minimum absolute atomic E-state index is 0.214. The molecule has 2 aromatic rings. The molecule has 0 spiro atoms. The van der Waals surface area contributed by atoms with Gasteiger partial charge in [-0.3, -0.25) is 19.5 Å². The van der Waals surface area contributed by atoms with Crippen LogP contribution in [0.1, 0.15) is 40.1 Å². The molecule has 1 aliphatic heterocycles. The molecule has 3 rings (SSSR count). The maximum Gasteiger partial charge on any atom is 0.265 e. The van der Waals surface area contributed by atoms with E-state index in [1.807, 2.05) is 19.1 Å². The monoisotopic (exact) mass is 369 g/mol. The summed E-state index contributed by atoms with van der Waals surface area (Å²) in [6.07, 6.45) is 3.88. The van der Waals surface area contributed by atoms with E-state index in [0.717, 1.165) is 5.56 Å². The Bertz CT molecular complexity index is 880. The largest absolute Gasteiger partial charge is 0.493 e. The van der Waals surface area contributed by atoms with Gasteiger partial charge in [0.25, 0.3) is 11.8 Å². The first-order chi connectivity index (χ1) is 12.8. The Morgan fingerprint density at radius 2 is 1.93 bits per heavy atom. The molecular formula is C20H23N3O4. The Morgan fingerprint density at radius 1 is 1.19 bits per heavy atom. The summed E-state index contributed by atoms with van der Waals surface area (Å²) in [5, 5.41) is 0. The Morgan fingerprint density at radius 3 is 2.52 bits per heavy atom. The molecule has 0 radical (unpaired) electrons. The van der Waals surface area contributed by atoms with Crippen molar-refractivity contribution in [2.24, 2.45) is 5.73 Å². The number of nitrogens with two attached hydrogens (primary N) is 1. The van der Waals surface area contributed by atoms with Crippen molar-refractivity contribution < 1.29 is 19.1 Å². The second-order valence-corrected chi connectivity index (χ2v) is 6.92. The number of ether oxygens (including phenoxy) is 2. The van der Waals surface area contributed by atoms with Gasteiger partial charge in [0.2, 0.25) is 0 Å². The first-order valence-corrected chi connectivity index (χ1v) is 8.62. The van der Waals surface area contributed by atoms with Crippen molar-refractivity contribution in [2.45, 2.75) is 31.8 Å². The van der Waals surface area contributed by atoms with Crippen LogP contribution in [0.5, 0.6) is 11.5 Å². The van der Waals surface area contributed by atoms with Crippen LogP contribution in [0.25, 0.3) is 0 Å². The number of carbonyl (C=O) groups excluding carboxylic acids is 2. The molecule has 0 saturated carbocycles. The number of benzene rings is 1. The second-order valence-electron chi connectivity index (χ2n) is 6.92. The zero-order valence-corrected chi connectivity index (χ0v) is 15.9. The van der Waals surface area contributed by atoms with Crippen LogP contribution >= 0.6 is 0 Å². The molecule has 7 heteroatoms. The molecule has 0 saturated heterocycles. The van der Waals surface area contributed by atoms with E-state index in [2.05, 4.69) is 4.98 Å². The van der Waals surface area contributed by atoms with Crippen molar-refractivity contribution in [1.29, 1.82) is 0 Å². The fourth-order valence-electron chi connectivity index (χ4n) is 3.40. The maximum absolute atomic E-state index is 13.1. The summed E-state index contributed by atoms with van der Waals surface area (Å²) < 4.78 is 10.6. The maximum atomic E-state index is 13.1. The Labute approximate surface area is 158 Å². The van der Waals surface area contributed by atoms with Crippen LogP contribution in [-0.2, 0) is 6.42 Å². The third-order valence-corrected chi connectivity index (χ3v) is 5.08. The molecule has 1 aromatic carbocycles. The molecule has 1 aromatic heterocycles. The molecule has 2 unspecified atom stereocenters. The topological polar surface area (TPSA) is 94.8 Å². The van der Waals surface area contributed by atoms with E-state index in [0.29, 0.717) is 17.7 Å². The van der Waals surface area contributed by atoms with E-state index in [1.165, 1.54) is 19.1 Å². The third kappa shape index (κ3) is 3.14. The predicted octanol–water partition coefficient (Wildman–Crippen LogP) is 2.04. The average molecular weight is 369 g/mol. The quantitative estimate of drug-likeness (QED) is 0.783. The zero-order chi connectivity index (χ0) is 19.8. The van der Waals surface area contributed by atoms with Crippen LogP contribution < -0.4 is 15.2 Å². The Balaban J connectivity index is 1.95. The molecule has 2 N–H and O–H groups in total. The first-order valence-electron chi connectivity index (χ1n) is 8.62. The van der Waals surface area contributed by atoms with E-state index in [1.54, 1.807) is 31.5 Å². The molecule has 7 nitrogen and oxygen atoms in total. The standard InChI is InChI=1S/C20H23N3O4/c1-12(20(2,21)10-13-6-5-9-22-11-13)23-18(24)14-7-8-15(26-3)17(27-4)16(14)19(23)25/h5-9,11-12H,10,21H2,1-4H3. The third-order valence-electron chi connectivity index (χ3n) is 5.08. The normalized spacial score (nSPS) is 16.7. The Hall–Kier alpha value is -2.93. The van der Waals surface area contributed by atoms with Gasteiger partial charge in [0.05, 0.1) is 31.4 Å². The summed E-state index contributed by atoms with van der Waals surface area (Å²) in [6.45, 7) is 3.60. The molecule has 1 aliphatic rings. The molecule has 0 bridgehead atoms. The fraction of sp³-hybridized carbons (Fsp3) is 0.350. The lowest BCUT2D eigenvalue weighted by Gasteiger charge is -2.36. The minimum Gasteiger partial charge on any atom is -0.493 e. The van der Waals surface area contributed by atoms with E-state index in [9.17, 15) is 9.59 Å². The highest BCUT2D eigenvalue weighted by Gasteiger charge is 2.46. The van der Waals surface area contributed by atoms with Crippen LogP contribution in [-0.4, -0.2) is 47.5 Å². The number of aromatic nitrogens is 1. The van der Waals surface area contributed by atoms with Crippen molar-refractivity contribution in [3.05, 3.63) is 53.3 Å². The van der Waals surface area contributed by atoms with Gasteiger partial charge in [-0.1, -0.05) is 6.07 Å². The van der Waals surface area contributed by atoms with Gasteiger partial charge < -0.3 is 15.2 Å². The van der Waals surface area contributed by atoms with Gasteiger partial charge in [0.15, 0.2) is 11.5 Å². The number of methoxy groups -OCH3 is 2. The van der Waals surface area contributed by atoms with E-state index in [-0.39, 0.29) is 17.2 Å². The zero-order valence-electron chi connectivity index (χ0n) is 15.9. The lowest BCUT2D eigenvalue weighted by atomic mass is 9.87. The molecule has 2 atom stereocenters. The number of rotatable bonds is 6. The van der Waals surface area contributed by atoms with Crippen molar-refractivity contribution >= 4 is 11.8 Å². The number of carbonyl (C=O) groups is 2. The van der Waals surface area contributed by atoms with Crippen molar-refractivity contribution in [3.8, 4) is 11.5 Å². The summed E-state index contributed by atoms with van der Waals surface area (Å²) in [5.74, 6) is -0.153. The molecule has 0 fully saturated rings. The number of nitrogens with zero attached hydrogens (tertiary/aromatic N) is 2. The van der Waals surface area contributed by atoms with Crippen molar-refractivity contribution in [3.63, 3.8) is 0 Å². The molecule has 0 aliphatic carbocycles. The van der Waals surface area contributed by atoms with Gasteiger partial charge in [0.1, 0.15) is 0 Å². The number of amides is 2. The summed E-state index contributed by atoms with van der Waals surface area (Å²) in [4.78, 5) is 31.4. The molecule has 2 amide bonds. The Kier molecular flexibility index (Phi) is 4.89. The molecule has 27 heavy (non-hydrogen) atoms. The van der Waals surface area contributed by atoms with Crippen molar-refractivity contribution in [2.75, 3.05) is 14.2 Å². The molecule has 2 heterocycles. The van der Waals surface area contributed by atoms with Gasteiger partial charge in [0, 0.05) is 17.9 Å². The number of fused-ring (bicyclic) bond motifs is 1. The van der Waals surface area contributed by atoms with E-state index in [4.69, 9.17) is 15.2 Å². The van der Waals surface area contributed by atoms with Crippen LogP contribution in [0, 0.1) is 0 Å². The summed E-state index contributed by atoms with van der Waals surface area (Å²) in [7, 11) is 2.92. The van der Waals surface area contributed by atoms with E-state index >= 15 is 0 Å². The minimum atomic E-state index is -0.840. The smallest absolute Gasteiger partial charge is 0.265 e. The fourth-order valence-corrected chi connectivity index (χ4v) is 3.40. The predicted molar refractivity (Wildman–Crippen MR) is 100 cm³/mol. The van der Waals surface area contributed by atoms with Gasteiger partial charge in [-0.2, -0.15) is 0 Å². The lowest BCUT2D eigenvalue weighted by molar-refractivity contribution is 0.0527. The number of hydrogen-bond acceptors (Lipinski definition) is 6. The first kappa shape index (κ1) is 18.8. The average Bonchev–Trinajstić information content (AvgIpc) is 2.91. The number of imide groups is 1. The van der Waals surface area contributed by atoms with Gasteiger partial charge >= 0.3 is 0 Å². The van der Waals surface area contributed by atoms with Gasteiger partial charge in [-0.25, -0.2) is 0 Å². The van der Waals surface area contributed by atoms with E-state index < -0.39 is 17.5 Å².